The number of ketones is 1. The summed E-state index contributed by atoms with van der Waals surface area (Å²) >= 11 is 0. The Morgan fingerprint density at radius 1 is 0.975 bits per heavy atom. The summed E-state index contributed by atoms with van der Waals surface area (Å²) in [5, 5.41) is 11.5. The van der Waals surface area contributed by atoms with Crippen molar-refractivity contribution in [3.63, 3.8) is 0 Å². The number of benzene rings is 3. The van der Waals surface area contributed by atoms with Crippen LogP contribution >= 0.6 is 0 Å². The first-order chi connectivity index (χ1) is 19.3. The number of amides is 1. The Hall–Kier alpha value is -4.10. The van der Waals surface area contributed by atoms with Gasteiger partial charge >= 0.3 is 0 Å². The molecule has 1 aliphatic heterocycles. The average Bonchev–Trinajstić information content (AvgIpc) is 3.21. The molecule has 0 aliphatic carbocycles. The quantitative estimate of drug-likeness (QED) is 0.129. The number of likely N-dealkylation sites (tertiary alicyclic amines) is 1. The molecule has 1 saturated heterocycles. The van der Waals surface area contributed by atoms with E-state index in [0.29, 0.717) is 61.3 Å². The molecule has 4 rings (SSSR count). The van der Waals surface area contributed by atoms with Crippen molar-refractivity contribution in [2.24, 2.45) is 5.92 Å². The van der Waals surface area contributed by atoms with E-state index in [0.717, 1.165) is 11.1 Å². The minimum atomic E-state index is -0.769. The summed E-state index contributed by atoms with van der Waals surface area (Å²) in [6, 6.07) is 21.7. The number of aliphatic hydroxyl groups excluding tert-OH is 1. The standard InChI is InChI=1S/C33H37NO6/c1-22(2)20-40-28-15-14-26(18-23(28)3)31(35)29-30(34(16-9-17-38-4)33(37)32(29)36)25-12-8-13-27(19-25)39-21-24-10-6-5-7-11-24/h5-8,10-15,18-19,22,30,35H,9,16-17,20-21H2,1-4H3/b31-29+. The first kappa shape index (κ1) is 28.9. The fraction of sp³-hybridized carbons (Fsp3) is 0.333. The van der Waals surface area contributed by atoms with E-state index in [2.05, 4.69) is 13.8 Å². The lowest BCUT2D eigenvalue weighted by atomic mass is 9.94. The van der Waals surface area contributed by atoms with Crippen molar-refractivity contribution in [1.82, 2.24) is 4.90 Å². The minimum Gasteiger partial charge on any atom is -0.507 e. The number of carbonyl (C=O) groups is 2. The van der Waals surface area contributed by atoms with Crippen molar-refractivity contribution < 1.29 is 28.9 Å². The van der Waals surface area contributed by atoms with Crippen molar-refractivity contribution in [2.75, 3.05) is 26.9 Å². The van der Waals surface area contributed by atoms with Gasteiger partial charge in [-0.05, 0) is 66.3 Å². The van der Waals surface area contributed by atoms with E-state index >= 15 is 0 Å². The van der Waals surface area contributed by atoms with Crippen LogP contribution in [-0.4, -0.2) is 48.6 Å². The van der Waals surface area contributed by atoms with Crippen LogP contribution in [0.4, 0.5) is 0 Å². The van der Waals surface area contributed by atoms with Crippen molar-refractivity contribution in [2.45, 2.75) is 39.8 Å². The van der Waals surface area contributed by atoms with Crippen molar-refractivity contribution in [3.05, 3.63) is 101 Å². The first-order valence-electron chi connectivity index (χ1n) is 13.6. The molecule has 1 amide bonds. The molecule has 3 aromatic rings. The van der Waals surface area contributed by atoms with E-state index in [1.807, 2.05) is 61.5 Å². The van der Waals surface area contributed by atoms with Crippen LogP contribution in [-0.2, 0) is 20.9 Å². The third-order valence-electron chi connectivity index (χ3n) is 6.73. The predicted molar refractivity (Wildman–Crippen MR) is 154 cm³/mol. The van der Waals surface area contributed by atoms with E-state index in [1.54, 1.807) is 25.3 Å². The summed E-state index contributed by atoms with van der Waals surface area (Å²) in [7, 11) is 1.59. The molecule has 7 nitrogen and oxygen atoms in total. The highest BCUT2D eigenvalue weighted by molar-refractivity contribution is 6.46. The van der Waals surface area contributed by atoms with Crippen molar-refractivity contribution >= 4 is 17.4 Å². The molecule has 1 N–H and O–H groups in total. The van der Waals surface area contributed by atoms with Gasteiger partial charge < -0.3 is 24.2 Å². The fourth-order valence-electron chi connectivity index (χ4n) is 4.72. The summed E-state index contributed by atoms with van der Waals surface area (Å²) in [5.41, 5.74) is 3.03. The third kappa shape index (κ3) is 6.72. The highest BCUT2D eigenvalue weighted by atomic mass is 16.5. The number of methoxy groups -OCH3 is 1. The molecule has 1 unspecified atom stereocenters. The molecule has 7 heteroatoms. The molecular formula is C33H37NO6. The smallest absolute Gasteiger partial charge is 0.295 e. The second-order valence-corrected chi connectivity index (χ2v) is 10.4. The summed E-state index contributed by atoms with van der Waals surface area (Å²) in [5.74, 6) is 0.109. The average molecular weight is 544 g/mol. The third-order valence-corrected chi connectivity index (χ3v) is 6.73. The summed E-state index contributed by atoms with van der Waals surface area (Å²) in [6.45, 7) is 7.72. The minimum absolute atomic E-state index is 0.0536. The molecule has 3 aromatic carbocycles. The molecule has 40 heavy (non-hydrogen) atoms. The Labute approximate surface area is 236 Å². The van der Waals surface area contributed by atoms with E-state index in [4.69, 9.17) is 14.2 Å². The van der Waals surface area contributed by atoms with Crippen molar-refractivity contribution in [1.29, 1.82) is 0 Å². The first-order valence-corrected chi connectivity index (χ1v) is 13.6. The Bertz CT molecular complexity index is 1360. The number of Topliss-reactive ketones (excluding diaryl/α,β-unsaturated/α-hetero) is 1. The number of aryl methyl sites for hydroxylation is 1. The zero-order valence-electron chi connectivity index (χ0n) is 23.6. The summed E-state index contributed by atoms with van der Waals surface area (Å²) in [4.78, 5) is 28.1. The Morgan fingerprint density at radius 2 is 1.75 bits per heavy atom. The molecule has 1 atom stereocenters. The van der Waals surface area contributed by atoms with Crippen LogP contribution in [0.1, 0.15) is 48.6 Å². The van der Waals surface area contributed by atoms with Gasteiger partial charge in [0, 0.05) is 25.8 Å². The molecule has 0 saturated carbocycles. The van der Waals surface area contributed by atoms with E-state index < -0.39 is 17.7 Å². The molecule has 1 fully saturated rings. The van der Waals surface area contributed by atoms with Gasteiger partial charge in [-0.15, -0.1) is 0 Å². The van der Waals surface area contributed by atoms with Crippen LogP contribution in [0.2, 0.25) is 0 Å². The molecule has 1 aliphatic rings. The van der Waals surface area contributed by atoms with Crippen LogP contribution in [0.5, 0.6) is 11.5 Å². The fourth-order valence-corrected chi connectivity index (χ4v) is 4.72. The Balaban J connectivity index is 1.71. The zero-order chi connectivity index (χ0) is 28.6. The lowest BCUT2D eigenvalue weighted by Gasteiger charge is -2.25. The van der Waals surface area contributed by atoms with Crippen LogP contribution < -0.4 is 9.47 Å². The monoisotopic (exact) mass is 543 g/mol. The van der Waals surface area contributed by atoms with Crippen LogP contribution in [0.25, 0.3) is 5.76 Å². The predicted octanol–water partition coefficient (Wildman–Crippen LogP) is 6.07. The maximum Gasteiger partial charge on any atom is 0.295 e. The number of aliphatic hydroxyl groups is 1. The molecule has 210 valence electrons. The highest BCUT2D eigenvalue weighted by Crippen LogP contribution is 2.40. The van der Waals surface area contributed by atoms with Crippen LogP contribution in [0.15, 0.2) is 78.4 Å². The normalized spacial score (nSPS) is 16.5. The van der Waals surface area contributed by atoms with E-state index in [9.17, 15) is 14.7 Å². The lowest BCUT2D eigenvalue weighted by molar-refractivity contribution is -0.140. The molecule has 0 spiro atoms. The largest absolute Gasteiger partial charge is 0.507 e. The molecular weight excluding hydrogens is 506 g/mol. The number of hydrogen-bond donors (Lipinski definition) is 1. The second-order valence-electron chi connectivity index (χ2n) is 10.4. The molecule has 0 radical (unpaired) electrons. The SMILES string of the molecule is COCCCN1C(=O)C(=O)/C(=C(/O)c2ccc(OCC(C)C)c(C)c2)C1c1cccc(OCc2ccccc2)c1. The lowest BCUT2D eigenvalue weighted by Crippen LogP contribution is -2.31. The van der Waals surface area contributed by atoms with Crippen LogP contribution in [0, 0.1) is 12.8 Å². The maximum atomic E-state index is 13.4. The van der Waals surface area contributed by atoms with Gasteiger partial charge in [0.05, 0.1) is 18.2 Å². The number of rotatable bonds is 12. The van der Waals surface area contributed by atoms with Gasteiger partial charge in [-0.2, -0.15) is 0 Å². The van der Waals surface area contributed by atoms with Gasteiger partial charge in [-0.1, -0.05) is 56.3 Å². The van der Waals surface area contributed by atoms with Gasteiger partial charge in [-0.3, -0.25) is 9.59 Å². The van der Waals surface area contributed by atoms with E-state index in [-0.39, 0.29) is 11.3 Å². The Morgan fingerprint density at radius 3 is 2.45 bits per heavy atom. The van der Waals surface area contributed by atoms with Gasteiger partial charge in [0.2, 0.25) is 0 Å². The van der Waals surface area contributed by atoms with Gasteiger partial charge in [0.1, 0.15) is 23.9 Å². The number of hydrogen-bond acceptors (Lipinski definition) is 6. The molecule has 0 bridgehead atoms. The number of ether oxygens (including phenoxy) is 3. The van der Waals surface area contributed by atoms with Gasteiger partial charge in [0.25, 0.3) is 11.7 Å². The Kier molecular flexibility index (Phi) is 9.61. The summed E-state index contributed by atoms with van der Waals surface area (Å²) < 4.78 is 17.1. The topological polar surface area (TPSA) is 85.3 Å². The summed E-state index contributed by atoms with van der Waals surface area (Å²) in [6.07, 6.45) is 0.547. The van der Waals surface area contributed by atoms with Gasteiger partial charge in [0.15, 0.2) is 0 Å². The zero-order valence-corrected chi connectivity index (χ0v) is 23.6. The van der Waals surface area contributed by atoms with Gasteiger partial charge in [-0.25, -0.2) is 0 Å². The number of carbonyl (C=O) groups excluding carboxylic acids is 2. The maximum absolute atomic E-state index is 13.4. The highest BCUT2D eigenvalue weighted by Gasteiger charge is 2.46. The number of nitrogens with zero attached hydrogens (tertiary/aromatic N) is 1. The molecule has 1 heterocycles. The van der Waals surface area contributed by atoms with Crippen molar-refractivity contribution in [3.8, 4) is 11.5 Å². The molecule has 0 aromatic heterocycles. The van der Waals surface area contributed by atoms with E-state index in [1.165, 1.54) is 4.90 Å². The van der Waals surface area contributed by atoms with Crippen LogP contribution in [0.3, 0.4) is 0 Å². The second kappa shape index (κ2) is 13.3.